The van der Waals surface area contributed by atoms with Crippen molar-refractivity contribution in [1.29, 1.82) is 0 Å². The SMILES string of the molecule is C=C(CCl)[CH2][Al]([O]C(C)C)[O]C(C)C. The third kappa shape index (κ3) is 7.85. The summed E-state index contributed by atoms with van der Waals surface area (Å²) >= 11 is 4.07. The van der Waals surface area contributed by atoms with Gasteiger partial charge in [-0.15, -0.1) is 11.6 Å². The molecule has 0 unspecified atom stereocenters. The lowest BCUT2D eigenvalue weighted by molar-refractivity contribution is 0.131. The van der Waals surface area contributed by atoms with E-state index in [-0.39, 0.29) is 12.2 Å². The Kier molecular flexibility index (Phi) is 8.00. The second-order valence-corrected chi connectivity index (χ2v) is 5.97. The predicted molar refractivity (Wildman–Crippen MR) is 62.9 cm³/mol. The molecule has 0 N–H and O–H groups in total. The minimum absolute atomic E-state index is 0.216. The predicted octanol–water partition coefficient (Wildman–Crippen LogP) is 3.12. The Hall–Kier alpha value is 0.482. The summed E-state index contributed by atoms with van der Waals surface area (Å²) in [4.78, 5) is 0. The first-order valence-corrected chi connectivity index (χ1v) is 7.28. The van der Waals surface area contributed by atoms with E-state index in [9.17, 15) is 0 Å². The number of hydrogen-bond donors (Lipinski definition) is 0. The minimum atomic E-state index is -1.61. The highest BCUT2D eigenvalue weighted by Gasteiger charge is 2.28. The van der Waals surface area contributed by atoms with Gasteiger partial charge in [0.2, 0.25) is 0 Å². The molecule has 0 radical (unpaired) electrons. The third-order valence-corrected chi connectivity index (χ3v) is 4.48. The maximum absolute atomic E-state index is 5.73. The largest absolute Gasteiger partial charge is 0.679 e. The van der Waals surface area contributed by atoms with Crippen molar-refractivity contribution >= 4 is 26.4 Å². The van der Waals surface area contributed by atoms with Gasteiger partial charge in [-0.2, -0.15) is 0 Å². The Balaban J connectivity index is 4.03. The van der Waals surface area contributed by atoms with Gasteiger partial charge in [-0.05, 0) is 33.0 Å². The molecule has 0 rings (SSSR count). The zero-order valence-electron chi connectivity index (χ0n) is 9.55. The van der Waals surface area contributed by atoms with Gasteiger partial charge in [0, 0.05) is 18.1 Å². The quantitative estimate of drug-likeness (QED) is 0.383. The van der Waals surface area contributed by atoms with Gasteiger partial charge in [0.05, 0.1) is 0 Å². The molecule has 4 heteroatoms. The van der Waals surface area contributed by atoms with E-state index in [1.54, 1.807) is 0 Å². The van der Waals surface area contributed by atoms with Crippen LogP contribution in [0.4, 0.5) is 0 Å². The molecular weight excluding hydrogens is 215 g/mol. The molecule has 0 spiro atoms. The van der Waals surface area contributed by atoms with Crippen LogP contribution in [0.2, 0.25) is 5.28 Å². The van der Waals surface area contributed by atoms with Crippen molar-refractivity contribution in [3.05, 3.63) is 12.2 Å². The summed E-state index contributed by atoms with van der Waals surface area (Å²) in [6.07, 6.45) is 0.432. The lowest BCUT2D eigenvalue weighted by Crippen LogP contribution is -2.29. The fraction of sp³-hybridized carbons (Fsp3) is 0.800. The molecule has 14 heavy (non-hydrogen) atoms. The van der Waals surface area contributed by atoms with Crippen molar-refractivity contribution in [2.75, 3.05) is 5.88 Å². The Labute approximate surface area is 97.3 Å². The topological polar surface area (TPSA) is 18.5 Å². The van der Waals surface area contributed by atoms with Crippen molar-refractivity contribution < 1.29 is 7.58 Å². The van der Waals surface area contributed by atoms with Crippen LogP contribution in [0.5, 0.6) is 0 Å². The number of halogens is 1. The van der Waals surface area contributed by atoms with E-state index in [1.165, 1.54) is 0 Å². The highest BCUT2D eigenvalue weighted by atomic mass is 35.5. The van der Waals surface area contributed by atoms with Gasteiger partial charge < -0.3 is 7.58 Å². The van der Waals surface area contributed by atoms with Gasteiger partial charge in [-0.1, -0.05) is 12.2 Å². The Morgan fingerprint density at radius 2 is 1.64 bits per heavy atom. The molecule has 0 aliphatic rings. The van der Waals surface area contributed by atoms with E-state index >= 15 is 0 Å². The van der Waals surface area contributed by atoms with Crippen LogP contribution in [0, 0.1) is 0 Å². The summed E-state index contributed by atoms with van der Waals surface area (Å²) < 4.78 is 11.5. The first-order valence-electron chi connectivity index (χ1n) is 4.99. The van der Waals surface area contributed by atoms with Crippen molar-refractivity contribution in [1.82, 2.24) is 0 Å². The summed E-state index contributed by atoms with van der Waals surface area (Å²) in [6.45, 7) is 12.0. The zero-order valence-corrected chi connectivity index (χ0v) is 11.5. The van der Waals surface area contributed by atoms with Gasteiger partial charge in [-0.25, -0.2) is 0 Å². The van der Waals surface area contributed by atoms with E-state index in [1.807, 2.05) is 27.7 Å². The molecule has 0 aromatic rings. The molecule has 0 heterocycles. The average molecular weight is 235 g/mol. The number of hydrogen-bond acceptors (Lipinski definition) is 2. The fourth-order valence-corrected chi connectivity index (χ4v) is 3.40. The van der Waals surface area contributed by atoms with Crippen LogP contribution in [-0.4, -0.2) is 32.9 Å². The molecular formula is C10H20AlClO2. The zero-order chi connectivity index (χ0) is 11.1. The third-order valence-electron chi connectivity index (χ3n) is 1.49. The molecule has 0 aromatic carbocycles. The Morgan fingerprint density at radius 1 is 1.21 bits per heavy atom. The van der Waals surface area contributed by atoms with Crippen LogP contribution in [0.1, 0.15) is 27.7 Å². The number of allylic oxidation sites excluding steroid dienone is 1. The number of rotatable bonds is 7. The summed E-state index contributed by atoms with van der Waals surface area (Å²) in [5, 5.41) is 0.805. The van der Waals surface area contributed by atoms with E-state index < -0.39 is 14.8 Å². The second kappa shape index (κ2) is 7.73. The summed E-state index contributed by atoms with van der Waals surface area (Å²) in [7, 11) is 0. The number of alkyl halides is 1. The normalized spacial score (nSPS) is 11.1. The first kappa shape index (κ1) is 14.5. The van der Waals surface area contributed by atoms with Gasteiger partial charge in [0.15, 0.2) is 0 Å². The molecule has 0 aliphatic heterocycles. The van der Waals surface area contributed by atoms with E-state index in [4.69, 9.17) is 19.2 Å². The van der Waals surface area contributed by atoms with Crippen LogP contribution in [0.15, 0.2) is 12.2 Å². The maximum Gasteiger partial charge on any atom is 0.679 e. The van der Waals surface area contributed by atoms with Crippen LogP contribution < -0.4 is 0 Å². The molecule has 0 amide bonds. The molecule has 0 bridgehead atoms. The first-order chi connectivity index (χ1) is 6.45. The van der Waals surface area contributed by atoms with Crippen LogP contribution in [0.25, 0.3) is 0 Å². The lowest BCUT2D eigenvalue weighted by atomic mass is 10.4. The lowest BCUT2D eigenvalue weighted by Gasteiger charge is -2.19. The molecule has 0 aromatic heterocycles. The van der Waals surface area contributed by atoms with E-state index in [2.05, 4.69) is 6.58 Å². The Bertz CT molecular complexity index is 162. The Morgan fingerprint density at radius 3 is 1.93 bits per heavy atom. The van der Waals surface area contributed by atoms with Crippen molar-refractivity contribution in [3.63, 3.8) is 0 Å². The van der Waals surface area contributed by atoms with Gasteiger partial charge >= 0.3 is 14.8 Å². The highest BCUT2D eigenvalue weighted by molar-refractivity contribution is 6.45. The fourth-order valence-electron chi connectivity index (χ4n) is 1.03. The molecule has 82 valence electrons. The van der Waals surface area contributed by atoms with Gasteiger partial charge in [-0.3, -0.25) is 0 Å². The van der Waals surface area contributed by atoms with E-state index in [0.29, 0.717) is 5.88 Å². The summed E-state index contributed by atoms with van der Waals surface area (Å²) in [5.74, 6) is 0.492. The van der Waals surface area contributed by atoms with Crippen molar-refractivity contribution in [2.45, 2.75) is 45.2 Å². The summed E-state index contributed by atoms with van der Waals surface area (Å²) in [6, 6.07) is 0. The molecule has 0 fully saturated rings. The average Bonchev–Trinajstić information content (AvgIpc) is 2.01. The van der Waals surface area contributed by atoms with Gasteiger partial charge in [0.25, 0.3) is 0 Å². The molecule has 0 saturated carbocycles. The molecule has 2 nitrogen and oxygen atoms in total. The monoisotopic (exact) mass is 234 g/mol. The van der Waals surface area contributed by atoms with Crippen LogP contribution in [0.3, 0.4) is 0 Å². The molecule has 0 aliphatic carbocycles. The highest BCUT2D eigenvalue weighted by Crippen LogP contribution is 2.11. The van der Waals surface area contributed by atoms with Crippen molar-refractivity contribution in [2.24, 2.45) is 0 Å². The van der Waals surface area contributed by atoms with Crippen molar-refractivity contribution in [3.8, 4) is 0 Å². The second-order valence-electron chi connectivity index (χ2n) is 3.89. The van der Waals surface area contributed by atoms with E-state index in [0.717, 1.165) is 10.9 Å². The smallest absolute Gasteiger partial charge is 0.476 e. The van der Waals surface area contributed by atoms with Crippen LogP contribution >= 0.6 is 11.6 Å². The summed E-state index contributed by atoms with van der Waals surface area (Å²) in [5.41, 5.74) is 1.00. The maximum atomic E-state index is 5.73. The molecule has 0 atom stereocenters. The van der Waals surface area contributed by atoms with Gasteiger partial charge in [0.1, 0.15) is 0 Å². The minimum Gasteiger partial charge on any atom is -0.476 e. The molecule has 0 saturated heterocycles. The standard InChI is InChI=1S/C4H6Cl.2C3H7O.Al/c1-4(2)3-5;2*1-3(2)4;/h1-3H2;2*3H,1-2H3;/q;2*-1;+2. The van der Waals surface area contributed by atoms with Crippen LogP contribution in [-0.2, 0) is 7.58 Å².